The average Bonchev–Trinajstić information content (AvgIpc) is 3.44. The number of nitrogens with zero attached hydrogens (tertiary/aromatic N) is 5. The summed E-state index contributed by atoms with van der Waals surface area (Å²) in [4.78, 5) is 12.0. The highest BCUT2D eigenvalue weighted by Crippen LogP contribution is 2.15. The summed E-state index contributed by atoms with van der Waals surface area (Å²) >= 11 is 0. The molecular formula is C34H75N5. The minimum absolute atomic E-state index is 0. The van der Waals surface area contributed by atoms with Crippen molar-refractivity contribution in [2.24, 2.45) is 17.8 Å². The SMILES string of the molecule is C.CC1CCCCN1C.CC1CCCN(C)C1.CC1CCCN1C.CC1CCN(C)C1.CC1CCN(C)CC1. The Bertz CT molecular complexity index is 506. The molecular weight excluding hydrogens is 478 g/mol. The average molecular weight is 554 g/mol. The topological polar surface area (TPSA) is 16.2 Å². The summed E-state index contributed by atoms with van der Waals surface area (Å²) in [5, 5.41) is 0. The van der Waals surface area contributed by atoms with Crippen molar-refractivity contribution >= 4 is 0 Å². The van der Waals surface area contributed by atoms with Crippen LogP contribution in [0.1, 0.15) is 106 Å². The summed E-state index contributed by atoms with van der Waals surface area (Å²) in [5.74, 6) is 2.87. The van der Waals surface area contributed by atoms with Crippen LogP contribution in [-0.2, 0) is 0 Å². The first-order chi connectivity index (χ1) is 18.0. The molecule has 5 saturated heterocycles. The van der Waals surface area contributed by atoms with E-state index in [-0.39, 0.29) is 7.43 Å². The van der Waals surface area contributed by atoms with Gasteiger partial charge in [0.15, 0.2) is 0 Å². The number of piperidine rings is 3. The Morgan fingerprint density at radius 1 is 0.385 bits per heavy atom. The molecule has 5 aliphatic rings. The third-order valence-electron chi connectivity index (χ3n) is 9.51. The van der Waals surface area contributed by atoms with Crippen LogP contribution < -0.4 is 0 Å². The number of hydrogen-bond donors (Lipinski definition) is 0. The van der Waals surface area contributed by atoms with Crippen molar-refractivity contribution in [1.82, 2.24) is 24.5 Å². The van der Waals surface area contributed by atoms with Gasteiger partial charge in [0, 0.05) is 25.2 Å². The summed E-state index contributed by atoms with van der Waals surface area (Å²) in [6.45, 7) is 22.0. The lowest BCUT2D eigenvalue weighted by molar-refractivity contribution is 0.200. The Kier molecular flexibility index (Phi) is 22.3. The summed E-state index contributed by atoms with van der Waals surface area (Å²) < 4.78 is 0. The van der Waals surface area contributed by atoms with Crippen molar-refractivity contribution < 1.29 is 0 Å². The summed E-state index contributed by atoms with van der Waals surface area (Å²) in [7, 11) is 11.0. The second kappa shape index (κ2) is 22.4. The van der Waals surface area contributed by atoms with Crippen LogP contribution >= 0.6 is 0 Å². The smallest absolute Gasteiger partial charge is 0.00643 e. The molecule has 0 radical (unpaired) electrons. The van der Waals surface area contributed by atoms with E-state index in [9.17, 15) is 0 Å². The maximum absolute atomic E-state index is 2.43. The second-order valence-electron chi connectivity index (χ2n) is 13.9. The van der Waals surface area contributed by atoms with Gasteiger partial charge in [0.2, 0.25) is 0 Å². The molecule has 0 aromatic carbocycles. The van der Waals surface area contributed by atoms with Crippen LogP contribution in [0.2, 0.25) is 0 Å². The molecule has 5 rings (SSSR count). The van der Waals surface area contributed by atoms with E-state index in [1.54, 1.807) is 0 Å². The molecule has 0 N–H and O–H groups in total. The van der Waals surface area contributed by atoms with E-state index in [4.69, 9.17) is 0 Å². The fraction of sp³-hybridized carbons (Fsp3) is 1.00. The second-order valence-corrected chi connectivity index (χ2v) is 13.9. The highest BCUT2D eigenvalue weighted by atomic mass is 15.1. The van der Waals surface area contributed by atoms with Gasteiger partial charge in [-0.1, -0.05) is 34.6 Å². The van der Waals surface area contributed by atoms with Gasteiger partial charge >= 0.3 is 0 Å². The fourth-order valence-electron chi connectivity index (χ4n) is 6.04. The molecule has 0 amide bonds. The molecule has 0 spiro atoms. The monoisotopic (exact) mass is 554 g/mol. The van der Waals surface area contributed by atoms with Gasteiger partial charge in [-0.15, -0.1) is 0 Å². The fourth-order valence-corrected chi connectivity index (χ4v) is 6.04. The van der Waals surface area contributed by atoms with Crippen molar-refractivity contribution in [3.8, 4) is 0 Å². The van der Waals surface area contributed by atoms with Gasteiger partial charge in [-0.05, 0) is 164 Å². The van der Waals surface area contributed by atoms with Crippen LogP contribution in [0.25, 0.3) is 0 Å². The first-order valence-corrected chi connectivity index (χ1v) is 16.4. The van der Waals surface area contributed by atoms with E-state index in [1.165, 1.54) is 117 Å². The highest BCUT2D eigenvalue weighted by molar-refractivity contribution is 4.71. The van der Waals surface area contributed by atoms with Crippen LogP contribution in [0.4, 0.5) is 0 Å². The first-order valence-electron chi connectivity index (χ1n) is 16.4. The van der Waals surface area contributed by atoms with Gasteiger partial charge in [-0.3, -0.25) is 0 Å². The van der Waals surface area contributed by atoms with Crippen molar-refractivity contribution in [2.45, 2.75) is 118 Å². The Balaban J connectivity index is 0.000000460. The zero-order valence-electron chi connectivity index (χ0n) is 27.9. The van der Waals surface area contributed by atoms with Crippen LogP contribution in [0.15, 0.2) is 0 Å². The summed E-state index contributed by atoms with van der Waals surface area (Å²) in [6, 6.07) is 1.68. The Hall–Kier alpha value is -0.200. The van der Waals surface area contributed by atoms with E-state index in [1.807, 2.05) is 0 Å². The molecule has 0 aliphatic carbocycles. The normalized spacial score (nSPS) is 31.2. The molecule has 0 aromatic heterocycles. The molecule has 236 valence electrons. The van der Waals surface area contributed by atoms with Crippen molar-refractivity contribution in [3.63, 3.8) is 0 Å². The molecule has 39 heavy (non-hydrogen) atoms. The van der Waals surface area contributed by atoms with E-state index < -0.39 is 0 Å². The Morgan fingerprint density at radius 3 is 1.08 bits per heavy atom. The Labute approximate surface area is 248 Å². The van der Waals surface area contributed by atoms with E-state index in [2.05, 4.69) is 94.4 Å². The molecule has 5 heteroatoms. The zero-order valence-corrected chi connectivity index (χ0v) is 27.9. The molecule has 5 heterocycles. The molecule has 4 atom stereocenters. The number of hydrogen-bond acceptors (Lipinski definition) is 5. The third-order valence-corrected chi connectivity index (χ3v) is 9.51. The quantitative estimate of drug-likeness (QED) is 0.324. The first kappa shape index (κ1) is 38.8. The van der Waals surface area contributed by atoms with Crippen LogP contribution in [0.5, 0.6) is 0 Å². The lowest BCUT2D eigenvalue weighted by Crippen LogP contribution is -2.33. The standard InChI is InChI=1S/3C7H15N.2C6H13N.CH4/c1-7-3-5-8(2)6-4-7;1-7-4-3-5-8(2)6-7;1-7-5-3-4-6-8(7)2;1-6-3-4-7(2)5-6;1-6-4-3-5-7(6)2;/h3*7H,3-6H2,1-2H3;2*6H,3-5H2,1-2H3;1H4. The van der Waals surface area contributed by atoms with Crippen LogP contribution in [0.3, 0.4) is 0 Å². The van der Waals surface area contributed by atoms with Gasteiger partial charge in [0.1, 0.15) is 0 Å². The highest BCUT2D eigenvalue weighted by Gasteiger charge is 2.15. The van der Waals surface area contributed by atoms with Gasteiger partial charge < -0.3 is 24.5 Å². The molecule has 0 aromatic rings. The third kappa shape index (κ3) is 19.5. The predicted molar refractivity (Wildman–Crippen MR) is 177 cm³/mol. The lowest BCUT2D eigenvalue weighted by atomic mass is 10.00. The van der Waals surface area contributed by atoms with Crippen molar-refractivity contribution in [1.29, 1.82) is 0 Å². The molecule has 5 fully saturated rings. The lowest BCUT2D eigenvalue weighted by Gasteiger charge is -2.29. The van der Waals surface area contributed by atoms with Gasteiger partial charge in [-0.2, -0.15) is 0 Å². The minimum Gasteiger partial charge on any atom is -0.306 e. The number of rotatable bonds is 0. The van der Waals surface area contributed by atoms with Gasteiger partial charge in [-0.25, -0.2) is 0 Å². The maximum Gasteiger partial charge on any atom is 0.00643 e. The van der Waals surface area contributed by atoms with Crippen LogP contribution in [-0.4, -0.2) is 124 Å². The van der Waals surface area contributed by atoms with E-state index in [0.29, 0.717) is 0 Å². The molecule has 5 nitrogen and oxygen atoms in total. The largest absolute Gasteiger partial charge is 0.306 e. The van der Waals surface area contributed by atoms with Crippen LogP contribution in [0, 0.1) is 17.8 Å². The predicted octanol–water partition coefficient (Wildman–Crippen LogP) is 6.88. The molecule has 5 aliphatic heterocycles. The van der Waals surface area contributed by atoms with Crippen molar-refractivity contribution in [2.75, 3.05) is 87.6 Å². The molecule has 0 saturated carbocycles. The number of likely N-dealkylation sites (tertiary alicyclic amines) is 5. The van der Waals surface area contributed by atoms with Gasteiger partial charge in [0.25, 0.3) is 0 Å². The molecule has 0 bridgehead atoms. The zero-order chi connectivity index (χ0) is 28.5. The Morgan fingerprint density at radius 2 is 0.795 bits per heavy atom. The van der Waals surface area contributed by atoms with E-state index in [0.717, 1.165) is 29.8 Å². The maximum atomic E-state index is 2.43. The van der Waals surface area contributed by atoms with Crippen molar-refractivity contribution in [3.05, 3.63) is 0 Å². The molecule has 4 unspecified atom stereocenters. The summed E-state index contributed by atoms with van der Waals surface area (Å²) in [5.41, 5.74) is 0. The summed E-state index contributed by atoms with van der Waals surface area (Å²) in [6.07, 6.45) is 14.1. The minimum atomic E-state index is 0. The van der Waals surface area contributed by atoms with Gasteiger partial charge in [0.05, 0.1) is 0 Å². The van der Waals surface area contributed by atoms with E-state index >= 15 is 0 Å².